The average Bonchev–Trinajstić information content (AvgIpc) is 2.64. The van der Waals surface area contributed by atoms with Gasteiger partial charge in [-0.2, -0.15) is 13.2 Å². The van der Waals surface area contributed by atoms with E-state index in [2.05, 4.69) is 10.3 Å². The fourth-order valence-electron chi connectivity index (χ4n) is 3.33. The lowest BCUT2D eigenvalue weighted by Gasteiger charge is -2.36. The van der Waals surface area contributed by atoms with Crippen molar-refractivity contribution in [3.63, 3.8) is 0 Å². The lowest BCUT2D eigenvalue weighted by atomic mass is 9.74. The van der Waals surface area contributed by atoms with Gasteiger partial charge in [0, 0.05) is 13.2 Å². The number of carbonyl (C=O) groups excluding carboxylic acids is 1. The lowest BCUT2D eigenvalue weighted by Crippen LogP contribution is -2.43. The highest BCUT2D eigenvalue weighted by molar-refractivity contribution is 5.96. The van der Waals surface area contributed by atoms with Gasteiger partial charge in [-0.3, -0.25) is 4.79 Å². The number of halogens is 3. The van der Waals surface area contributed by atoms with Crippen LogP contribution in [0.5, 0.6) is 0 Å². The number of nitrogens with one attached hydrogen (secondary N) is 1. The third-order valence-electron chi connectivity index (χ3n) is 4.97. The number of aryl methyl sites for hydroxylation is 1. The minimum Gasteiger partial charge on any atom is -0.381 e. The van der Waals surface area contributed by atoms with Crippen molar-refractivity contribution in [3.8, 4) is 0 Å². The Balaban J connectivity index is 1.83. The van der Waals surface area contributed by atoms with Crippen molar-refractivity contribution in [2.45, 2.75) is 32.4 Å². The Morgan fingerprint density at radius 3 is 2.48 bits per heavy atom. The molecule has 1 fully saturated rings. The molecular formula is C20H21F3N2O2. The monoisotopic (exact) mass is 378 g/mol. The summed E-state index contributed by atoms with van der Waals surface area (Å²) in [5.74, 6) is -0.209. The topological polar surface area (TPSA) is 51.2 Å². The molecule has 1 aromatic heterocycles. The molecule has 0 spiro atoms. The van der Waals surface area contributed by atoms with E-state index in [1.165, 1.54) is 6.92 Å². The Bertz CT molecular complexity index is 801. The third-order valence-corrected chi connectivity index (χ3v) is 4.97. The summed E-state index contributed by atoms with van der Waals surface area (Å²) in [4.78, 5) is 16.6. The van der Waals surface area contributed by atoms with Gasteiger partial charge < -0.3 is 10.1 Å². The summed E-state index contributed by atoms with van der Waals surface area (Å²) in [6, 6.07) is 10.6. The number of carbonyl (C=O) groups is 1. The second-order valence-electron chi connectivity index (χ2n) is 6.89. The largest absolute Gasteiger partial charge is 0.433 e. The van der Waals surface area contributed by atoms with Gasteiger partial charge in [0.15, 0.2) is 0 Å². The first-order chi connectivity index (χ1) is 12.8. The van der Waals surface area contributed by atoms with Gasteiger partial charge in [0.1, 0.15) is 5.69 Å². The first kappa shape index (κ1) is 19.4. The average molecular weight is 378 g/mol. The molecule has 0 radical (unpaired) electrons. The number of amides is 1. The Morgan fingerprint density at radius 1 is 1.22 bits per heavy atom. The summed E-state index contributed by atoms with van der Waals surface area (Å²) in [5.41, 5.74) is 0.0359. The minimum atomic E-state index is -4.51. The number of hydrogen-bond donors (Lipinski definition) is 1. The van der Waals surface area contributed by atoms with E-state index < -0.39 is 17.3 Å². The van der Waals surface area contributed by atoms with Crippen molar-refractivity contribution in [2.24, 2.45) is 5.41 Å². The zero-order chi connectivity index (χ0) is 19.5. The summed E-state index contributed by atoms with van der Waals surface area (Å²) in [6.07, 6.45) is -1.77. The fourth-order valence-corrected chi connectivity index (χ4v) is 3.33. The van der Waals surface area contributed by atoms with E-state index in [0.29, 0.717) is 43.7 Å². The first-order valence-corrected chi connectivity index (χ1v) is 8.77. The second kappa shape index (κ2) is 7.68. The molecule has 1 saturated heterocycles. The highest BCUT2D eigenvalue weighted by Crippen LogP contribution is 2.36. The van der Waals surface area contributed by atoms with Crippen LogP contribution in [-0.2, 0) is 22.1 Å². The number of anilines is 1. The molecule has 0 unspecified atom stereocenters. The van der Waals surface area contributed by atoms with Gasteiger partial charge in [-0.1, -0.05) is 30.3 Å². The molecule has 3 rings (SSSR count). The van der Waals surface area contributed by atoms with Crippen molar-refractivity contribution < 1.29 is 22.7 Å². The maximum Gasteiger partial charge on any atom is 0.433 e. The summed E-state index contributed by atoms with van der Waals surface area (Å²) >= 11 is 0. The zero-order valence-electron chi connectivity index (χ0n) is 15.0. The molecule has 1 aliphatic rings. The second-order valence-corrected chi connectivity index (χ2v) is 6.89. The van der Waals surface area contributed by atoms with Crippen LogP contribution in [0.3, 0.4) is 0 Å². The highest BCUT2D eigenvalue weighted by Gasteiger charge is 2.40. The Hall–Kier alpha value is -2.41. The van der Waals surface area contributed by atoms with E-state index >= 15 is 0 Å². The van der Waals surface area contributed by atoms with E-state index in [1.54, 1.807) is 0 Å². The maximum absolute atomic E-state index is 13.1. The number of nitrogens with zero attached hydrogens (tertiary/aromatic N) is 1. The maximum atomic E-state index is 13.1. The van der Waals surface area contributed by atoms with Gasteiger partial charge in [0.05, 0.1) is 17.3 Å². The highest BCUT2D eigenvalue weighted by atomic mass is 19.4. The van der Waals surface area contributed by atoms with Crippen LogP contribution in [0.25, 0.3) is 0 Å². The lowest BCUT2D eigenvalue weighted by molar-refractivity contribution is -0.141. The van der Waals surface area contributed by atoms with Crippen molar-refractivity contribution >= 4 is 11.6 Å². The van der Waals surface area contributed by atoms with Crippen LogP contribution in [0.15, 0.2) is 42.6 Å². The summed E-state index contributed by atoms with van der Waals surface area (Å²) in [7, 11) is 0. The van der Waals surface area contributed by atoms with Crippen molar-refractivity contribution in [3.05, 3.63) is 59.4 Å². The molecule has 1 N–H and O–H groups in total. The molecule has 144 valence electrons. The van der Waals surface area contributed by atoms with Crippen LogP contribution >= 0.6 is 0 Å². The molecule has 0 bridgehead atoms. The van der Waals surface area contributed by atoms with Crippen molar-refractivity contribution in [2.75, 3.05) is 18.5 Å². The molecule has 2 heterocycles. The van der Waals surface area contributed by atoms with E-state index in [4.69, 9.17) is 4.74 Å². The van der Waals surface area contributed by atoms with E-state index in [1.807, 2.05) is 30.3 Å². The van der Waals surface area contributed by atoms with Crippen molar-refractivity contribution in [1.29, 1.82) is 0 Å². The van der Waals surface area contributed by atoms with E-state index in [-0.39, 0.29) is 5.91 Å². The predicted molar refractivity (Wildman–Crippen MR) is 95.2 cm³/mol. The number of rotatable bonds is 4. The van der Waals surface area contributed by atoms with Crippen LogP contribution in [0.4, 0.5) is 18.9 Å². The first-order valence-electron chi connectivity index (χ1n) is 8.77. The number of pyridine rings is 1. The Kier molecular flexibility index (Phi) is 5.51. The number of aromatic nitrogens is 1. The zero-order valence-corrected chi connectivity index (χ0v) is 15.0. The Morgan fingerprint density at radius 2 is 1.89 bits per heavy atom. The van der Waals surface area contributed by atoms with Gasteiger partial charge in [0.2, 0.25) is 5.91 Å². The quantitative estimate of drug-likeness (QED) is 0.859. The standard InChI is InChI=1S/C20H21F3N2O2/c1-14-11-17(20(21,22)23)24-13-16(14)25-18(26)19(7-9-27-10-8-19)12-15-5-3-2-4-6-15/h2-6,11,13H,7-10,12H2,1H3,(H,25,26). The molecule has 1 aromatic carbocycles. The third kappa shape index (κ3) is 4.47. The van der Waals surface area contributed by atoms with Crippen LogP contribution in [0.2, 0.25) is 0 Å². The predicted octanol–water partition coefficient (Wildman–Crippen LogP) is 4.39. The molecule has 7 heteroatoms. The summed E-state index contributed by atoms with van der Waals surface area (Å²) < 4.78 is 43.8. The summed E-state index contributed by atoms with van der Waals surface area (Å²) in [5, 5.41) is 2.80. The van der Waals surface area contributed by atoms with Crippen LogP contribution in [-0.4, -0.2) is 24.1 Å². The molecule has 0 saturated carbocycles. The number of ether oxygens (including phenoxy) is 1. The normalized spacial score (nSPS) is 16.7. The van der Waals surface area contributed by atoms with Gasteiger partial charge in [0.25, 0.3) is 0 Å². The van der Waals surface area contributed by atoms with Gasteiger partial charge in [-0.05, 0) is 43.4 Å². The smallest absolute Gasteiger partial charge is 0.381 e. The molecule has 4 nitrogen and oxygen atoms in total. The van der Waals surface area contributed by atoms with Gasteiger partial charge in [-0.15, -0.1) is 0 Å². The SMILES string of the molecule is Cc1cc(C(F)(F)F)ncc1NC(=O)C1(Cc2ccccc2)CCOCC1. The molecule has 0 atom stereocenters. The van der Waals surface area contributed by atoms with E-state index in [0.717, 1.165) is 17.8 Å². The molecular weight excluding hydrogens is 357 g/mol. The molecule has 27 heavy (non-hydrogen) atoms. The fraction of sp³-hybridized carbons (Fsp3) is 0.400. The number of alkyl halides is 3. The summed E-state index contributed by atoms with van der Waals surface area (Å²) in [6.45, 7) is 2.48. The number of benzene rings is 1. The molecule has 1 aliphatic heterocycles. The molecule has 0 aliphatic carbocycles. The number of hydrogen-bond acceptors (Lipinski definition) is 3. The Labute approximate surface area is 155 Å². The van der Waals surface area contributed by atoms with Gasteiger partial charge >= 0.3 is 6.18 Å². The van der Waals surface area contributed by atoms with E-state index in [9.17, 15) is 18.0 Å². The van der Waals surface area contributed by atoms with Crippen LogP contribution in [0, 0.1) is 12.3 Å². The minimum absolute atomic E-state index is 0.209. The molecule has 2 aromatic rings. The van der Waals surface area contributed by atoms with Crippen molar-refractivity contribution in [1.82, 2.24) is 4.98 Å². The molecule has 1 amide bonds. The van der Waals surface area contributed by atoms with Crippen LogP contribution < -0.4 is 5.32 Å². The van der Waals surface area contributed by atoms with Crippen LogP contribution in [0.1, 0.15) is 29.7 Å². The van der Waals surface area contributed by atoms with Gasteiger partial charge in [-0.25, -0.2) is 4.98 Å².